The van der Waals surface area contributed by atoms with E-state index in [2.05, 4.69) is 31.9 Å². The van der Waals surface area contributed by atoms with Gasteiger partial charge in [-0.2, -0.15) is 0 Å². The highest BCUT2D eigenvalue weighted by Crippen LogP contribution is 2.42. The number of carbonyl (C=O) groups is 6. The summed E-state index contributed by atoms with van der Waals surface area (Å²) in [5.74, 6) is -5.97. The van der Waals surface area contributed by atoms with Crippen molar-refractivity contribution < 1.29 is 296 Å². The second kappa shape index (κ2) is 55.4. The molecule has 11 rings (SSSR count). The van der Waals surface area contributed by atoms with Crippen molar-refractivity contribution in [1.82, 2.24) is 31.9 Å². The van der Waals surface area contributed by atoms with E-state index in [4.69, 9.17) is 104 Å². The molecule has 0 aliphatic carbocycles. The average molecular weight is 2200 g/mol. The first-order valence-corrected chi connectivity index (χ1v) is 47.9. The van der Waals surface area contributed by atoms with Crippen LogP contribution in [0.1, 0.15) is 48.5 Å². The molecule has 0 bridgehead atoms. The smallest absolute Gasteiger partial charge is 0.217 e. The van der Waals surface area contributed by atoms with Crippen LogP contribution in [0.4, 0.5) is 0 Å². The normalized spacial score (nSPS) is 46.5. The van der Waals surface area contributed by atoms with Gasteiger partial charge in [-0.25, -0.2) is 0 Å². The highest BCUT2D eigenvalue weighted by atomic mass is 16.8. The summed E-state index contributed by atoms with van der Waals surface area (Å²) in [5.41, 5.74) is 0. The molecule has 38 N–H and O–H groups in total. The van der Waals surface area contributed by atoms with E-state index in [-0.39, 0.29) is 0 Å². The molecule has 150 heavy (non-hydrogen) atoms. The maximum atomic E-state index is 13.5. The van der Waals surface area contributed by atoms with Crippen LogP contribution in [0.25, 0.3) is 0 Å². The van der Waals surface area contributed by atoms with Crippen molar-refractivity contribution in [2.45, 2.75) is 410 Å². The number of hydrogen-bond donors (Lipinski definition) is 38. The summed E-state index contributed by atoms with van der Waals surface area (Å²) in [6, 6.07) is -11.9. The number of rotatable bonds is 43. The molecule has 11 heterocycles. The van der Waals surface area contributed by atoms with Crippen LogP contribution in [-0.2, 0) is 133 Å². The maximum absolute atomic E-state index is 13.5. The molecule has 0 saturated carbocycles. The zero-order valence-corrected chi connectivity index (χ0v) is 81.3. The first-order chi connectivity index (χ1) is 70.9. The zero-order valence-electron chi connectivity index (χ0n) is 81.3. The summed E-state index contributed by atoms with van der Waals surface area (Å²) >= 11 is 0. The molecule has 0 aromatic rings. The van der Waals surface area contributed by atoms with Gasteiger partial charge >= 0.3 is 0 Å². The van der Waals surface area contributed by atoms with Crippen molar-refractivity contribution >= 4 is 35.4 Å². The largest absolute Gasteiger partial charge is 0.394 e. The van der Waals surface area contributed by atoms with E-state index >= 15 is 0 Å². The SMILES string of the molecule is CC(=O)N[C@H]1[C@H](O[C@@H]([C@H](O)[C@H](CO)NC(C)=O)[C@H](O)CO[C@@H]2O[C@@H](C)[C@@H](O)[C@@H](O)[C@@H]2O)O[C@H](CO)[C@@H](O[C@@H]2O[C@H](CO[C@H]3O[C@H](CO[C@@H]4O[C@H](CO)[C@@H](O[C@@H]5O[C@H](CO)[C@H](O)[C@H](O)[C@H]5O)[C@H](O)[C@H]4NC(C)=O)[C@@H](O)[C@H](O)[C@@H]3O[C@@H]3O[C@H](CO)[C@@H](O[C@@H]4O[C@H](CO)[C@H](O)[C@H](O)[C@H]4O)[C@H](O)[C@H]3NC(C)=O)[C@@H](O)[C@H](O[C@H]3O[C@H](CO)[C@@H](O[C@@H]4O[C@H](CO)[C@@H](O)[C@H](O)[C@H]4NC(C)=O)[C@H](O)[C@@H]3O[C@@H]3O[C@H](CO)[C@@H](O)[C@H](O)[C@H]3NC(C)=O)[C@@H]2O)[C@@H]1O. The van der Waals surface area contributed by atoms with Crippen molar-refractivity contribution in [3.05, 3.63) is 0 Å². The summed E-state index contributed by atoms with van der Waals surface area (Å²) in [6.45, 7) is -7.74. The molecular formula is C84H142N6O60. The van der Waals surface area contributed by atoms with Gasteiger partial charge in [0.05, 0.1) is 91.4 Å². The summed E-state index contributed by atoms with van der Waals surface area (Å²) in [4.78, 5) is 78.3. The molecule has 0 aromatic heterocycles. The predicted octanol–water partition coefficient (Wildman–Crippen LogP) is -25.6. The van der Waals surface area contributed by atoms with E-state index < -0.39 is 477 Å². The maximum Gasteiger partial charge on any atom is 0.217 e. The predicted molar refractivity (Wildman–Crippen MR) is 465 cm³/mol. The number of aliphatic hydroxyl groups is 32. The number of nitrogens with one attached hydrogen (secondary N) is 6. The number of ether oxygens (including phenoxy) is 22. The van der Waals surface area contributed by atoms with E-state index in [1.807, 2.05) is 0 Å². The monoisotopic (exact) mass is 2190 g/mol. The van der Waals surface area contributed by atoms with Crippen molar-refractivity contribution in [2.24, 2.45) is 0 Å². The van der Waals surface area contributed by atoms with Gasteiger partial charge in [0, 0.05) is 41.5 Å². The molecular weight excluding hydrogens is 2050 g/mol. The fourth-order valence-electron chi connectivity index (χ4n) is 19.1. The molecule has 11 aliphatic heterocycles. The molecule has 0 aromatic carbocycles. The van der Waals surface area contributed by atoms with Gasteiger partial charge in [0.1, 0.15) is 280 Å². The van der Waals surface area contributed by atoms with Crippen LogP contribution in [0.2, 0.25) is 0 Å². The molecule has 66 nitrogen and oxygen atoms in total. The van der Waals surface area contributed by atoms with Gasteiger partial charge in [-0.3, -0.25) is 28.8 Å². The molecule has 11 fully saturated rings. The lowest BCUT2D eigenvalue weighted by Gasteiger charge is -2.51. The molecule has 11 saturated heterocycles. The Morgan fingerprint density at radius 3 is 0.940 bits per heavy atom. The van der Waals surface area contributed by atoms with E-state index in [0.29, 0.717) is 0 Å². The van der Waals surface area contributed by atoms with Crippen LogP contribution in [0.5, 0.6) is 0 Å². The Balaban J connectivity index is 1.01. The second-order valence-electron chi connectivity index (χ2n) is 37.9. The minimum atomic E-state index is -2.82. The standard InChI is InChI=1S/C84H142N6O60/c1-20-44(107)57(120)61(124)79(132-20)129-17-28(106)66(45(108)27(8-91)85-21(2)100)143-77-42(89-25(6)104)55(118)69(35(15-98)138-77)147-82-65(128)71(148-84-73(150-76-40(87-23(4)102)53(116)47(110)30(10-93)134-76)64(127)70(36(16-99)140-84)144-75-39(86-22(3)101)52(115)46(109)29(9-92)133-75)51(114)38(141-82)19-131-83-72(149-78-43(90-26(7)105)56(119)68(34(14-97)139-78)146-81-63(126)59(122)49(112)32(12-95)136-81)60(123)50(113)37(142-83)18-130-74-41(88-24(5)103)54(117)67(33(13-96)137-74)145-80-62(125)58(121)48(111)31(11-94)135-80/h20,27-84,91-99,106-128H,8-19H2,1-7H3,(H,85,100)(H,86,101)(H,87,102)(H,88,103)(H,89,104)(H,90,105)/t20-,27-,28+,29+,30+,31+,32+,33+,34+,35+,36+,37+,38+,39+,40+,41+,42+,43+,44+,45+,46+,47+,48-,49-,50+,51+,52+,53+,54+,55+,56+,57+,58-,59-,60-,61-,62+,63+,64-,65-,66+,67+,68+,69+,70+,71-,72-,73-,74+,75-,76-,77-,78-,79+,80-,81-,82-,83-,84+/m0/s1. The topological polar surface area (TPSA) is 1030 Å². The van der Waals surface area contributed by atoms with Crippen LogP contribution in [0.15, 0.2) is 0 Å². The van der Waals surface area contributed by atoms with E-state index in [1.165, 1.54) is 6.92 Å². The quantitative estimate of drug-likeness (QED) is 0.0270. The molecule has 0 spiro atoms. The van der Waals surface area contributed by atoms with Gasteiger partial charge in [0.25, 0.3) is 0 Å². The van der Waals surface area contributed by atoms with E-state index in [1.54, 1.807) is 0 Å². The Labute approximate surface area is 850 Å². The van der Waals surface area contributed by atoms with E-state index in [0.717, 1.165) is 41.5 Å². The zero-order chi connectivity index (χ0) is 111. The van der Waals surface area contributed by atoms with Crippen LogP contribution >= 0.6 is 0 Å². The van der Waals surface area contributed by atoms with Gasteiger partial charge in [0.2, 0.25) is 35.4 Å². The van der Waals surface area contributed by atoms with Crippen LogP contribution < -0.4 is 31.9 Å². The minimum absolute atomic E-state index is 0.844. The number of amides is 6. The van der Waals surface area contributed by atoms with Crippen LogP contribution in [0.3, 0.4) is 0 Å². The van der Waals surface area contributed by atoms with Crippen LogP contribution in [-0.4, -0.2) is 640 Å². The lowest BCUT2D eigenvalue weighted by molar-refractivity contribution is -0.403. The first kappa shape index (κ1) is 125. The number of aliphatic hydroxyl groups excluding tert-OH is 32. The lowest BCUT2D eigenvalue weighted by atomic mass is 9.94. The highest BCUT2D eigenvalue weighted by molar-refractivity contribution is 5.75. The van der Waals surface area contributed by atoms with Gasteiger partial charge < -0.3 is 300 Å². The third-order valence-electron chi connectivity index (χ3n) is 27.1. The third kappa shape index (κ3) is 28.7. The molecule has 0 unspecified atom stereocenters. The van der Waals surface area contributed by atoms with Crippen molar-refractivity contribution in [3.63, 3.8) is 0 Å². The summed E-state index contributed by atoms with van der Waals surface area (Å²) in [5, 5.41) is 378. The summed E-state index contributed by atoms with van der Waals surface area (Å²) in [7, 11) is 0. The fourth-order valence-corrected chi connectivity index (χ4v) is 19.1. The Hall–Kier alpha value is -5.34. The molecule has 868 valence electrons. The summed E-state index contributed by atoms with van der Waals surface area (Å²) < 4.78 is 133. The first-order valence-electron chi connectivity index (χ1n) is 47.9. The minimum Gasteiger partial charge on any atom is -0.394 e. The number of carbonyl (C=O) groups excluding carboxylic acids is 6. The lowest BCUT2D eigenvalue weighted by Crippen LogP contribution is -2.71. The Kier molecular flexibility index (Phi) is 46.1. The van der Waals surface area contributed by atoms with Gasteiger partial charge in [0.15, 0.2) is 69.2 Å². The molecule has 66 heteroatoms. The third-order valence-corrected chi connectivity index (χ3v) is 27.1. The van der Waals surface area contributed by atoms with Crippen molar-refractivity contribution in [1.29, 1.82) is 0 Å². The molecule has 0 radical (unpaired) electrons. The Bertz CT molecular complexity index is 4190. The second-order valence-corrected chi connectivity index (χ2v) is 37.9. The van der Waals surface area contributed by atoms with Crippen LogP contribution in [0, 0.1) is 0 Å². The fraction of sp³-hybridized carbons (Fsp3) is 0.929. The molecule has 59 atom stereocenters. The Morgan fingerprint density at radius 1 is 0.247 bits per heavy atom. The highest BCUT2D eigenvalue weighted by Gasteiger charge is 2.63. The van der Waals surface area contributed by atoms with Crippen molar-refractivity contribution in [2.75, 3.05) is 79.3 Å². The molecule has 11 aliphatic rings. The Morgan fingerprint density at radius 2 is 0.533 bits per heavy atom. The van der Waals surface area contributed by atoms with E-state index in [9.17, 15) is 192 Å². The van der Waals surface area contributed by atoms with Gasteiger partial charge in [-0.15, -0.1) is 0 Å². The summed E-state index contributed by atoms with van der Waals surface area (Å²) in [6.07, 6.45) is -117. The number of hydrogen-bond acceptors (Lipinski definition) is 60. The van der Waals surface area contributed by atoms with Gasteiger partial charge in [-0.1, -0.05) is 0 Å². The van der Waals surface area contributed by atoms with Gasteiger partial charge in [-0.05, 0) is 6.92 Å². The molecule has 6 amide bonds. The average Bonchev–Trinajstić information content (AvgIpc) is 0.759. The van der Waals surface area contributed by atoms with Crippen molar-refractivity contribution in [3.8, 4) is 0 Å².